The molecule has 1 aromatic carbocycles. The average molecular weight is 295 g/mol. The zero-order valence-corrected chi connectivity index (χ0v) is 13.1. The lowest BCUT2D eigenvalue weighted by molar-refractivity contribution is 0.109. The monoisotopic (exact) mass is 295 g/mol. The first kappa shape index (κ1) is 15.8. The lowest BCUT2D eigenvalue weighted by Gasteiger charge is -2.09. The Bertz CT molecular complexity index is 363. The third-order valence-electron chi connectivity index (χ3n) is 3.47. The summed E-state index contributed by atoms with van der Waals surface area (Å²) < 4.78 is 10.7. The van der Waals surface area contributed by atoms with Crippen LogP contribution in [0, 0.1) is 0 Å². The van der Waals surface area contributed by atoms with E-state index in [1.165, 1.54) is 29.7 Å². The molecule has 3 nitrogen and oxygen atoms in total. The van der Waals surface area contributed by atoms with Gasteiger partial charge in [0.25, 0.3) is 0 Å². The van der Waals surface area contributed by atoms with Crippen LogP contribution in [0.15, 0.2) is 29.2 Å². The van der Waals surface area contributed by atoms with Crippen LogP contribution < -0.4 is 5.32 Å². The van der Waals surface area contributed by atoms with Gasteiger partial charge in [-0.05, 0) is 37.0 Å². The van der Waals surface area contributed by atoms with Crippen molar-refractivity contribution in [1.82, 2.24) is 5.32 Å². The van der Waals surface area contributed by atoms with Crippen molar-refractivity contribution in [3.8, 4) is 0 Å². The second kappa shape index (κ2) is 9.40. The molecule has 112 valence electrons. The normalized spacial score (nSPS) is 18.6. The minimum atomic E-state index is 0.506. The Labute approximate surface area is 126 Å². The fraction of sp³-hybridized carbons (Fsp3) is 0.625. The molecule has 4 heteroatoms. The Hall–Kier alpha value is -0.550. The zero-order valence-electron chi connectivity index (χ0n) is 12.3. The van der Waals surface area contributed by atoms with Crippen molar-refractivity contribution in [3.63, 3.8) is 0 Å². The average Bonchev–Trinajstić information content (AvgIpc) is 2.98. The summed E-state index contributed by atoms with van der Waals surface area (Å²) in [6, 6.07) is 8.84. The first-order chi connectivity index (χ1) is 9.88. The molecule has 0 aliphatic carbocycles. The van der Waals surface area contributed by atoms with Crippen molar-refractivity contribution < 1.29 is 9.47 Å². The maximum Gasteiger partial charge on any atom is 0.0587 e. The number of benzene rings is 1. The Morgan fingerprint density at radius 1 is 1.35 bits per heavy atom. The van der Waals surface area contributed by atoms with E-state index < -0.39 is 0 Å². The molecule has 1 aliphatic heterocycles. The van der Waals surface area contributed by atoms with Gasteiger partial charge in [0, 0.05) is 37.5 Å². The number of methoxy groups -OCH3 is 1. The standard InChI is InChI=1S/C16H25NO2S/c1-18-11-9-17-13-14-4-6-16(7-5-14)20-12-8-15-3-2-10-19-15/h4-7,15,17H,2-3,8-13H2,1H3. The summed E-state index contributed by atoms with van der Waals surface area (Å²) >= 11 is 1.93. The van der Waals surface area contributed by atoms with E-state index in [1.807, 2.05) is 11.8 Å². The molecule has 20 heavy (non-hydrogen) atoms. The highest BCUT2D eigenvalue weighted by Crippen LogP contribution is 2.23. The summed E-state index contributed by atoms with van der Waals surface area (Å²) in [4.78, 5) is 1.35. The summed E-state index contributed by atoms with van der Waals surface area (Å²) in [5.41, 5.74) is 1.32. The van der Waals surface area contributed by atoms with Crippen molar-refractivity contribution in [3.05, 3.63) is 29.8 Å². The third kappa shape index (κ3) is 5.83. The van der Waals surface area contributed by atoms with Gasteiger partial charge in [-0.1, -0.05) is 12.1 Å². The van der Waals surface area contributed by atoms with E-state index in [0.717, 1.165) is 32.1 Å². The van der Waals surface area contributed by atoms with Gasteiger partial charge in [0.15, 0.2) is 0 Å². The highest BCUT2D eigenvalue weighted by atomic mass is 32.2. The topological polar surface area (TPSA) is 30.5 Å². The van der Waals surface area contributed by atoms with Gasteiger partial charge in [0.05, 0.1) is 12.7 Å². The predicted octanol–water partition coefficient (Wildman–Crippen LogP) is 3.08. The summed E-state index contributed by atoms with van der Waals surface area (Å²) in [5.74, 6) is 1.15. The van der Waals surface area contributed by atoms with Crippen LogP contribution in [0.3, 0.4) is 0 Å². The van der Waals surface area contributed by atoms with Gasteiger partial charge >= 0.3 is 0 Å². The molecule has 0 saturated carbocycles. The minimum absolute atomic E-state index is 0.506. The quantitative estimate of drug-likeness (QED) is 0.560. The number of hydrogen-bond acceptors (Lipinski definition) is 4. The summed E-state index contributed by atoms with van der Waals surface area (Å²) in [6.07, 6.45) is 4.16. The molecule has 0 radical (unpaired) electrons. The maximum atomic E-state index is 5.64. The van der Waals surface area contributed by atoms with Gasteiger partial charge < -0.3 is 14.8 Å². The van der Waals surface area contributed by atoms with Crippen LogP contribution in [0.25, 0.3) is 0 Å². The molecule has 0 amide bonds. The molecule has 0 aromatic heterocycles. The molecule has 1 atom stereocenters. The minimum Gasteiger partial charge on any atom is -0.383 e. The fourth-order valence-electron chi connectivity index (χ4n) is 2.29. The van der Waals surface area contributed by atoms with E-state index in [9.17, 15) is 0 Å². The van der Waals surface area contributed by atoms with E-state index in [4.69, 9.17) is 9.47 Å². The van der Waals surface area contributed by atoms with Crippen molar-refractivity contribution >= 4 is 11.8 Å². The van der Waals surface area contributed by atoms with E-state index in [2.05, 4.69) is 29.6 Å². The first-order valence-electron chi connectivity index (χ1n) is 7.41. The zero-order chi connectivity index (χ0) is 14.0. The van der Waals surface area contributed by atoms with Crippen molar-refractivity contribution in [2.24, 2.45) is 0 Å². The van der Waals surface area contributed by atoms with Crippen LogP contribution in [-0.4, -0.2) is 38.7 Å². The summed E-state index contributed by atoms with van der Waals surface area (Å²) in [7, 11) is 1.73. The number of rotatable bonds is 9. The van der Waals surface area contributed by atoms with Crippen LogP contribution in [0.1, 0.15) is 24.8 Å². The number of thioether (sulfide) groups is 1. The van der Waals surface area contributed by atoms with Crippen LogP contribution in [0.5, 0.6) is 0 Å². The van der Waals surface area contributed by atoms with Gasteiger partial charge in [-0.15, -0.1) is 11.8 Å². The molecule has 1 N–H and O–H groups in total. The molecule has 0 spiro atoms. The van der Waals surface area contributed by atoms with Crippen LogP contribution in [0.2, 0.25) is 0 Å². The van der Waals surface area contributed by atoms with Crippen LogP contribution in [-0.2, 0) is 16.0 Å². The largest absolute Gasteiger partial charge is 0.383 e. The molecule has 1 heterocycles. The molecule has 1 unspecified atom stereocenters. The SMILES string of the molecule is COCCNCc1ccc(SCCC2CCCO2)cc1. The van der Waals surface area contributed by atoms with Gasteiger partial charge in [0.1, 0.15) is 0 Å². The molecule has 1 fully saturated rings. The maximum absolute atomic E-state index is 5.64. The molecule has 1 saturated heterocycles. The van der Waals surface area contributed by atoms with Gasteiger partial charge in [-0.3, -0.25) is 0 Å². The van der Waals surface area contributed by atoms with E-state index in [1.54, 1.807) is 7.11 Å². The van der Waals surface area contributed by atoms with Crippen LogP contribution >= 0.6 is 11.8 Å². The second-order valence-corrected chi connectivity index (χ2v) is 6.25. The highest BCUT2D eigenvalue weighted by Gasteiger charge is 2.14. The highest BCUT2D eigenvalue weighted by molar-refractivity contribution is 7.99. The molecule has 2 rings (SSSR count). The summed E-state index contributed by atoms with van der Waals surface area (Å²) in [5, 5.41) is 3.35. The van der Waals surface area contributed by atoms with E-state index in [0.29, 0.717) is 6.10 Å². The molecule has 1 aliphatic rings. The fourth-order valence-corrected chi connectivity index (χ4v) is 3.24. The number of ether oxygens (including phenoxy) is 2. The van der Waals surface area contributed by atoms with Crippen molar-refractivity contribution in [2.75, 3.05) is 32.6 Å². The lowest BCUT2D eigenvalue weighted by Crippen LogP contribution is -2.18. The Morgan fingerprint density at radius 3 is 2.90 bits per heavy atom. The molecule has 1 aromatic rings. The van der Waals surface area contributed by atoms with Gasteiger partial charge in [-0.25, -0.2) is 0 Å². The van der Waals surface area contributed by atoms with Crippen molar-refractivity contribution in [1.29, 1.82) is 0 Å². The van der Waals surface area contributed by atoms with Gasteiger partial charge in [0.2, 0.25) is 0 Å². The van der Waals surface area contributed by atoms with Crippen molar-refractivity contribution in [2.45, 2.75) is 36.8 Å². The molecular formula is C16H25NO2S. The van der Waals surface area contributed by atoms with E-state index >= 15 is 0 Å². The third-order valence-corrected chi connectivity index (χ3v) is 4.51. The molecule has 0 bridgehead atoms. The Kier molecular flexibility index (Phi) is 7.44. The smallest absolute Gasteiger partial charge is 0.0587 e. The predicted molar refractivity (Wildman–Crippen MR) is 84.3 cm³/mol. The van der Waals surface area contributed by atoms with Gasteiger partial charge in [-0.2, -0.15) is 0 Å². The molecular weight excluding hydrogens is 270 g/mol. The first-order valence-corrected chi connectivity index (χ1v) is 8.40. The Morgan fingerprint density at radius 2 is 2.20 bits per heavy atom. The number of nitrogens with one attached hydrogen (secondary N) is 1. The summed E-state index contributed by atoms with van der Waals surface area (Å²) in [6.45, 7) is 3.52. The number of hydrogen-bond donors (Lipinski definition) is 1. The lowest BCUT2D eigenvalue weighted by atomic mass is 10.2. The van der Waals surface area contributed by atoms with E-state index in [-0.39, 0.29) is 0 Å². The Balaban J connectivity index is 1.63. The van der Waals surface area contributed by atoms with Crippen LogP contribution in [0.4, 0.5) is 0 Å². The second-order valence-electron chi connectivity index (χ2n) is 5.09.